The zero-order valence-corrected chi connectivity index (χ0v) is 22.1. The second-order valence-electron chi connectivity index (χ2n) is 8.45. The van der Waals surface area contributed by atoms with Crippen molar-refractivity contribution in [1.29, 1.82) is 0 Å². The Morgan fingerprint density at radius 3 is 2.14 bits per heavy atom. The molecule has 0 aliphatic heterocycles. The van der Waals surface area contributed by atoms with Crippen molar-refractivity contribution in [3.63, 3.8) is 0 Å². The summed E-state index contributed by atoms with van der Waals surface area (Å²) < 4.78 is 11.0. The summed E-state index contributed by atoms with van der Waals surface area (Å²) in [6.07, 6.45) is 4.21. The van der Waals surface area contributed by atoms with Crippen molar-refractivity contribution in [3.8, 4) is 22.5 Å². The van der Waals surface area contributed by atoms with Crippen LogP contribution in [-0.2, 0) is 14.9 Å². The zero-order valence-electron chi connectivity index (χ0n) is 20.1. The van der Waals surface area contributed by atoms with E-state index >= 15 is 0 Å². The van der Waals surface area contributed by atoms with Gasteiger partial charge in [-0.05, 0) is 23.6 Å². The number of ether oxygens (including phenoxy) is 1. The van der Waals surface area contributed by atoms with Gasteiger partial charge in [-0.2, -0.15) is 4.98 Å². The molecular formula is C28H24N2NaO5-. The molecule has 1 atom stereocenters. The molecule has 0 spiro atoms. The molecule has 36 heavy (non-hydrogen) atoms. The van der Waals surface area contributed by atoms with Gasteiger partial charge in [0.2, 0.25) is 0 Å². The maximum absolute atomic E-state index is 12.4. The van der Waals surface area contributed by atoms with E-state index in [1.165, 1.54) is 6.39 Å². The van der Waals surface area contributed by atoms with Gasteiger partial charge in [-0.1, -0.05) is 97.3 Å². The summed E-state index contributed by atoms with van der Waals surface area (Å²) in [6, 6.07) is 25.3. The molecule has 8 heteroatoms. The number of hydrogen-bond donors (Lipinski definition) is 1. The SMILES string of the molecule is C[C@@H](OC(=O)Nc1ncoc1-c1ccc(-c2ccc(C3([C-]=O)CC3)cc2)cc1)c1ccccc1.[Na+].[OH-]. The van der Waals surface area contributed by atoms with Crippen LogP contribution in [0.2, 0.25) is 0 Å². The molecule has 0 saturated heterocycles. The average molecular weight is 491 g/mol. The van der Waals surface area contributed by atoms with Crippen LogP contribution < -0.4 is 34.9 Å². The Balaban J connectivity index is 0.00000180. The Labute approximate surface area is 231 Å². The Bertz CT molecular complexity index is 1300. The second kappa shape index (κ2) is 11.7. The van der Waals surface area contributed by atoms with Crippen molar-refractivity contribution in [1.82, 2.24) is 4.98 Å². The third kappa shape index (κ3) is 5.77. The maximum atomic E-state index is 12.4. The van der Waals surface area contributed by atoms with Crippen LogP contribution in [0.4, 0.5) is 10.6 Å². The Hall–Kier alpha value is -3.23. The fraction of sp³-hybridized carbons (Fsp3) is 0.179. The summed E-state index contributed by atoms with van der Waals surface area (Å²) in [4.78, 5) is 27.8. The van der Waals surface area contributed by atoms with Gasteiger partial charge in [0.1, 0.15) is 6.10 Å². The van der Waals surface area contributed by atoms with Crippen molar-refractivity contribution in [2.24, 2.45) is 0 Å². The van der Waals surface area contributed by atoms with E-state index in [-0.39, 0.29) is 35.0 Å². The summed E-state index contributed by atoms with van der Waals surface area (Å²) in [6.45, 7) is 1.81. The predicted octanol–water partition coefficient (Wildman–Crippen LogP) is 3.29. The average Bonchev–Trinajstić information content (AvgIpc) is 3.56. The largest absolute Gasteiger partial charge is 1.00 e. The van der Waals surface area contributed by atoms with E-state index in [2.05, 4.69) is 16.6 Å². The Kier molecular flexibility index (Phi) is 8.87. The predicted molar refractivity (Wildman–Crippen MR) is 131 cm³/mol. The third-order valence-electron chi connectivity index (χ3n) is 6.20. The number of nitrogens with zero attached hydrogens (tertiary/aromatic N) is 1. The van der Waals surface area contributed by atoms with Gasteiger partial charge in [-0.15, -0.1) is 5.41 Å². The van der Waals surface area contributed by atoms with Crippen LogP contribution >= 0.6 is 0 Å². The molecule has 0 unspecified atom stereocenters. The summed E-state index contributed by atoms with van der Waals surface area (Å²) in [7, 11) is 0. The van der Waals surface area contributed by atoms with Gasteiger partial charge in [-0.25, -0.2) is 4.79 Å². The standard InChI is InChI=1S/C28H23N2O4.Na.H2O/c1-19(20-5-3-2-4-6-20)34-27(32)30-26-25(33-18-29-26)23-9-7-21(8-10-23)22-11-13-24(14-12-22)28(17-31)15-16-28;;/h2-14,18-19H,15-16H2,1H3,(H,30,32);;1H2/q-1;+1;/p-1/t19-;;/m1../s1. The molecule has 5 rings (SSSR count). The number of carbonyl (C=O) groups excluding carboxylic acids is 2. The van der Waals surface area contributed by atoms with Crippen LogP contribution in [0.25, 0.3) is 22.5 Å². The molecule has 1 aromatic heterocycles. The summed E-state index contributed by atoms with van der Waals surface area (Å²) in [5.41, 5.74) is 4.38. The molecule has 1 aliphatic carbocycles. The first-order valence-corrected chi connectivity index (χ1v) is 11.1. The Morgan fingerprint density at radius 2 is 1.56 bits per heavy atom. The Morgan fingerprint density at radius 1 is 0.972 bits per heavy atom. The molecule has 178 valence electrons. The van der Waals surface area contributed by atoms with Gasteiger partial charge < -0.3 is 19.4 Å². The number of nitrogens with one attached hydrogen (secondary N) is 1. The van der Waals surface area contributed by atoms with Crippen LogP contribution in [0, 0.1) is 0 Å². The monoisotopic (exact) mass is 491 g/mol. The van der Waals surface area contributed by atoms with E-state index in [0.29, 0.717) is 11.6 Å². The van der Waals surface area contributed by atoms with E-state index in [1.54, 1.807) is 0 Å². The van der Waals surface area contributed by atoms with Gasteiger partial charge in [0.15, 0.2) is 18.0 Å². The first kappa shape index (κ1) is 27.4. The van der Waals surface area contributed by atoms with Gasteiger partial charge in [-0.3, -0.25) is 11.6 Å². The molecule has 7 nitrogen and oxygen atoms in total. The minimum absolute atomic E-state index is 0. The second-order valence-corrected chi connectivity index (χ2v) is 8.45. The van der Waals surface area contributed by atoms with E-state index in [1.807, 2.05) is 85.8 Å². The minimum Gasteiger partial charge on any atom is -0.870 e. The van der Waals surface area contributed by atoms with E-state index in [4.69, 9.17) is 9.15 Å². The molecule has 1 saturated carbocycles. The molecule has 1 fully saturated rings. The number of rotatable bonds is 7. The minimum atomic E-state index is -0.607. The third-order valence-corrected chi connectivity index (χ3v) is 6.20. The molecule has 1 aliphatic rings. The molecule has 0 bridgehead atoms. The van der Waals surface area contributed by atoms with Gasteiger partial charge in [0, 0.05) is 5.56 Å². The van der Waals surface area contributed by atoms with Gasteiger partial charge in [0.05, 0.1) is 0 Å². The molecule has 4 aromatic rings. The molecule has 1 heterocycles. The number of amides is 1. The number of aromatic nitrogens is 1. The number of oxazole rings is 1. The van der Waals surface area contributed by atoms with Crippen LogP contribution in [0.1, 0.15) is 37.0 Å². The van der Waals surface area contributed by atoms with Crippen molar-refractivity contribution in [3.05, 3.63) is 96.4 Å². The van der Waals surface area contributed by atoms with Crippen LogP contribution in [-0.4, -0.2) is 22.8 Å². The van der Waals surface area contributed by atoms with Crippen LogP contribution in [0.15, 0.2) is 89.7 Å². The molecule has 2 N–H and O–H groups in total. The fourth-order valence-electron chi connectivity index (χ4n) is 3.99. The van der Waals surface area contributed by atoms with Gasteiger partial charge in [0.25, 0.3) is 0 Å². The van der Waals surface area contributed by atoms with Crippen molar-refractivity contribution in [2.45, 2.75) is 31.3 Å². The van der Waals surface area contributed by atoms with Crippen LogP contribution in [0.3, 0.4) is 0 Å². The summed E-state index contributed by atoms with van der Waals surface area (Å²) in [5.74, 6) is 0.741. The first-order valence-electron chi connectivity index (χ1n) is 11.1. The van der Waals surface area contributed by atoms with E-state index < -0.39 is 17.6 Å². The normalized spacial score (nSPS) is 13.9. The van der Waals surface area contributed by atoms with Crippen molar-refractivity contribution < 1.29 is 53.8 Å². The topological polar surface area (TPSA) is 111 Å². The number of anilines is 1. The molecule has 0 radical (unpaired) electrons. The van der Waals surface area contributed by atoms with Crippen LogP contribution in [0.5, 0.6) is 0 Å². The number of carbonyl (C=O) groups is 1. The zero-order chi connectivity index (χ0) is 23.5. The summed E-state index contributed by atoms with van der Waals surface area (Å²) >= 11 is 0. The first-order chi connectivity index (χ1) is 16.6. The number of benzene rings is 3. The van der Waals surface area contributed by atoms with E-state index in [9.17, 15) is 9.59 Å². The maximum Gasteiger partial charge on any atom is 1.00 e. The summed E-state index contributed by atoms with van der Waals surface area (Å²) in [5, 5.41) is 2.67. The van der Waals surface area contributed by atoms with Gasteiger partial charge >= 0.3 is 35.7 Å². The molecule has 1 amide bonds. The smallest absolute Gasteiger partial charge is 0.870 e. The van der Waals surface area contributed by atoms with Crippen molar-refractivity contribution in [2.75, 3.05) is 5.32 Å². The quantitative estimate of drug-likeness (QED) is 0.314. The molecular weight excluding hydrogens is 467 g/mol. The molecule has 3 aromatic carbocycles. The van der Waals surface area contributed by atoms with E-state index in [0.717, 1.165) is 40.7 Å². The number of hydrogen-bond acceptors (Lipinski definition) is 6. The van der Waals surface area contributed by atoms with Crippen molar-refractivity contribution >= 4 is 18.2 Å². The fourth-order valence-corrected chi connectivity index (χ4v) is 3.99.